The van der Waals surface area contributed by atoms with E-state index in [-0.39, 0.29) is 35.1 Å². The van der Waals surface area contributed by atoms with Crippen molar-refractivity contribution in [3.63, 3.8) is 0 Å². The number of anilines is 2. The zero-order valence-corrected chi connectivity index (χ0v) is 27.0. The van der Waals surface area contributed by atoms with Gasteiger partial charge in [-0.3, -0.25) is 14.6 Å². The van der Waals surface area contributed by atoms with Crippen molar-refractivity contribution in [1.29, 1.82) is 0 Å². The van der Waals surface area contributed by atoms with Gasteiger partial charge in [-0.2, -0.15) is 0 Å². The molecule has 4 aromatic rings. The van der Waals surface area contributed by atoms with Crippen LogP contribution in [0.2, 0.25) is 5.02 Å². The summed E-state index contributed by atoms with van der Waals surface area (Å²) in [6.45, 7) is 1.95. The van der Waals surface area contributed by atoms with E-state index in [1.807, 2.05) is 6.92 Å². The molecule has 13 heteroatoms. The van der Waals surface area contributed by atoms with E-state index >= 15 is 0 Å². The summed E-state index contributed by atoms with van der Waals surface area (Å²) in [4.78, 5) is 41.5. The van der Waals surface area contributed by atoms with Crippen molar-refractivity contribution in [1.82, 2.24) is 11.1 Å². The largest absolute Gasteiger partial charge is 0.550 e. The number of amides is 2. The number of methoxy groups -OCH3 is 1. The van der Waals surface area contributed by atoms with Gasteiger partial charge in [-0.15, -0.1) is 0 Å². The van der Waals surface area contributed by atoms with Gasteiger partial charge >= 0.3 is 0 Å². The third kappa shape index (κ3) is 8.08. The van der Waals surface area contributed by atoms with Crippen LogP contribution in [0.25, 0.3) is 10.9 Å². The zero-order valence-electron chi connectivity index (χ0n) is 26.2. The molecule has 0 aliphatic heterocycles. The van der Waals surface area contributed by atoms with Gasteiger partial charge in [-0.1, -0.05) is 24.6 Å². The molecule has 3 aromatic carbocycles. The minimum atomic E-state index is -1.27. The molecule has 1 heterocycles. The van der Waals surface area contributed by atoms with Crippen molar-refractivity contribution >= 4 is 51.7 Å². The van der Waals surface area contributed by atoms with Crippen LogP contribution in [0.3, 0.4) is 0 Å². The number of hydrogen-bond acceptors (Lipinski definition) is 8. The van der Waals surface area contributed by atoms with Gasteiger partial charge in [0.25, 0.3) is 0 Å². The molecule has 0 saturated heterocycles. The number of pyridine rings is 1. The Labute approximate surface area is 276 Å². The fourth-order valence-corrected chi connectivity index (χ4v) is 5.19. The zero-order chi connectivity index (χ0) is 32.8. The molecule has 1 aliphatic rings. The second-order valence-electron chi connectivity index (χ2n) is 11.0. The molecular weight excluding hydrogens is 631 g/mol. The smallest absolute Gasteiger partial charge is 0.240 e. The maximum Gasteiger partial charge on any atom is 0.240 e. The van der Waals surface area contributed by atoms with Crippen molar-refractivity contribution in [2.24, 2.45) is 5.41 Å². The summed E-state index contributed by atoms with van der Waals surface area (Å²) < 4.78 is 31.2. The average Bonchev–Trinajstić information content (AvgIpc) is 3.86. The van der Waals surface area contributed by atoms with E-state index in [9.17, 15) is 23.9 Å². The van der Waals surface area contributed by atoms with Crippen LogP contribution in [0.4, 0.5) is 15.8 Å². The van der Waals surface area contributed by atoms with Gasteiger partial charge < -0.3 is 40.9 Å². The number of hydrogen-bond donors (Lipinski definition) is 3. The van der Waals surface area contributed by atoms with Crippen LogP contribution in [0, 0.1) is 11.2 Å². The number of rotatable bonds is 14. The number of aliphatic carboxylic acids is 1. The van der Waals surface area contributed by atoms with Crippen LogP contribution in [0.5, 0.6) is 23.0 Å². The molecule has 6 N–H and O–H groups in total. The van der Waals surface area contributed by atoms with Crippen LogP contribution < -0.4 is 36.1 Å². The first kappa shape index (κ1) is 34.9. The summed E-state index contributed by atoms with van der Waals surface area (Å²) in [6, 6.07) is 15.3. The first-order valence-corrected chi connectivity index (χ1v) is 15.2. The van der Waals surface area contributed by atoms with E-state index in [0.29, 0.717) is 65.9 Å². The number of carboxylic acids is 1. The number of nitrogens with zero attached hydrogens (tertiary/aromatic N) is 1. The number of carbonyl (C=O) groups is 3. The normalized spacial score (nSPS) is 13.5. The fourth-order valence-electron chi connectivity index (χ4n) is 4.98. The molecule has 11 nitrogen and oxygen atoms in total. The number of fused-ring (bicyclic) bond motifs is 1. The van der Waals surface area contributed by atoms with Crippen molar-refractivity contribution < 1.29 is 38.1 Å². The van der Waals surface area contributed by atoms with E-state index in [4.69, 9.17) is 25.8 Å². The predicted molar refractivity (Wildman–Crippen MR) is 175 cm³/mol. The fraction of sp³-hybridized carbons (Fsp3) is 0.294. The highest BCUT2D eigenvalue weighted by atomic mass is 35.5. The van der Waals surface area contributed by atoms with E-state index in [1.54, 1.807) is 42.6 Å². The number of quaternary nitrogens is 1. The Morgan fingerprint density at radius 1 is 1.00 bits per heavy atom. The lowest BCUT2D eigenvalue weighted by molar-refractivity contribution is -0.305. The number of halogens is 2. The molecule has 2 amide bonds. The maximum atomic E-state index is 13.3. The Kier molecular flexibility index (Phi) is 11.2. The molecule has 1 aromatic heterocycles. The number of benzene rings is 3. The summed E-state index contributed by atoms with van der Waals surface area (Å²) in [6.07, 6.45) is 3.63. The first-order valence-electron chi connectivity index (χ1n) is 14.8. The van der Waals surface area contributed by atoms with E-state index in [0.717, 1.165) is 0 Å². The Morgan fingerprint density at radius 2 is 1.72 bits per heavy atom. The molecule has 0 bridgehead atoms. The Hall–Kier alpha value is -4.94. The summed E-state index contributed by atoms with van der Waals surface area (Å²) in [5.41, 5.74) is -0.0593. The van der Waals surface area contributed by atoms with E-state index < -0.39 is 29.0 Å². The van der Waals surface area contributed by atoms with Gasteiger partial charge in [0.15, 0.2) is 11.5 Å². The number of carboxylic acid groups (broad SMARTS) is 1. The van der Waals surface area contributed by atoms with E-state index in [1.165, 1.54) is 31.4 Å². The third-order valence-electron chi connectivity index (χ3n) is 7.80. The average molecular weight is 667 g/mol. The quantitative estimate of drug-likeness (QED) is 0.125. The number of nitrogens with one attached hydrogen (secondary N) is 2. The second kappa shape index (κ2) is 15.1. The molecule has 0 spiro atoms. The molecule has 1 fully saturated rings. The van der Waals surface area contributed by atoms with Crippen molar-refractivity contribution in [2.45, 2.75) is 51.6 Å². The summed E-state index contributed by atoms with van der Waals surface area (Å²) in [5.74, 6) is -0.961. The summed E-state index contributed by atoms with van der Waals surface area (Å²) in [5, 5.41) is 17.0. The van der Waals surface area contributed by atoms with Crippen LogP contribution in [0.15, 0.2) is 66.9 Å². The van der Waals surface area contributed by atoms with Crippen molar-refractivity contribution in [2.75, 3.05) is 17.7 Å². The van der Waals surface area contributed by atoms with E-state index in [2.05, 4.69) is 15.6 Å². The number of carbonyl (C=O) groups excluding carboxylic acids is 3. The van der Waals surface area contributed by atoms with Crippen LogP contribution in [0.1, 0.15) is 45.4 Å². The third-order valence-corrected chi connectivity index (χ3v) is 8.19. The summed E-state index contributed by atoms with van der Waals surface area (Å²) in [7, 11) is 1.51. The van der Waals surface area contributed by atoms with Gasteiger partial charge in [-0.05, 0) is 87.1 Å². The predicted octanol–water partition coefficient (Wildman–Crippen LogP) is 6.64. The highest BCUT2D eigenvalue weighted by Gasteiger charge is 2.56. The molecule has 1 atom stereocenters. The molecular formula is C34H36ClFN4O7. The van der Waals surface area contributed by atoms with Gasteiger partial charge in [0, 0.05) is 29.3 Å². The van der Waals surface area contributed by atoms with Gasteiger partial charge in [-0.25, -0.2) is 4.39 Å². The lowest BCUT2D eigenvalue weighted by Gasteiger charge is -2.20. The monoisotopic (exact) mass is 666 g/mol. The molecule has 1 unspecified atom stereocenters. The standard InChI is InChI=1S/C34H33ClFN3O7.H3N/c1-3-22(6-4-9-30(40)41)45-29-19-25-23(18-28(29)44-2)26(14-17-37-25)46-27-8-5-7-24(31(27)35)39-33(43)34(15-16-34)32(42)38-21-12-10-20(36)11-13-21;/h5,7-8,10-14,17-19,22H,3-4,6,9,15-16H2,1-2H3,(H,38,42)(H,39,43)(H,40,41);1H3. The van der Waals surface area contributed by atoms with Crippen molar-refractivity contribution in [3.8, 4) is 23.0 Å². The lowest BCUT2D eigenvalue weighted by atomic mass is 10.0. The lowest BCUT2D eigenvalue weighted by Crippen LogP contribution is -2.35. The number of aromatic nitrogens is 1. The summed E-state index contributed by atoms with van der Waals surface area (Å²) >= 11 is 6.69. The molecule has 47 heavy (non-hydrogen) atoms. The number of ether oxygens (including phenoxy) is 3. The second-order valence-corrected chi connectivity index (χ2v) is 11.3. The molecule has 1 aliphatic carbocycles. The van der Waals surface area contributed by atoms with Crippen LogP contribution in [-0.4, -0.2) is 36.0 Å². The molecule has 5 rings (SSSR count). The maximum absolute atomic E-state index is 13.3. The minimum Gasteiger partial charge on any atom is -0.550 e. The molecule has 0 radical (unpaired) electrons. The Balaban J connectivity index is 0.00000500. The van der Waals surface area contributed by atoms with Gasteiger partial charge in [0.1, 0.15) is 27.8 Å². The topological polar surface area (TPSA) is 175 Å². The van der Waals surface area contributed by atoms with Crippen LogP contribution in [-0.2, 0) is 14.4 Å². The SMILES string of the molecule is CCC(CCCC(=O)[O-])Oc1cc2nccc(Oc3cccc(NC(=O)C4(C(=O)Nc5ccc(F)cc5)CC4)c3Cl)c2cc1OC.[NH4+]. The first-order chi connectivity index (χ1) is 22.1. The Morgan fingerprint density at radius 3 is 2.38 bits per heavy atom. The minimum absolute atomic E-state index is 0. The Bertz CT molecular complexity index is 1770. The van der Waals surface area contributed by atoms with Crippen LogP contribution >= 0.6 is 11.6 Å². The molecule has 248 valence electrons. The van der Waals surface area contributed by atoms with Crippen molar-refractivity contribution in [3.05, 3.63) is 77.7 Å². The van der Waals surface area contributed by atoms with Gasteiger partial charge in [0.2, 0.25) is 11.8 Å². The highest BCUT2D eigenvalue weighted by molar-refractivity contribution is 6.35. The molecule has 1 saturated carbocycles. The van der Waals surface area contributed by atoms with Gasteiger partial charge in [0.05, 0.1) is 24.4 Å². The highest BCUT2D eigenvalue weighted by Crippen LogP contribution is 2.48.